The minimum Gasteiger partial charge on any atom is -0.360 e. The molecule has 0 spiro atoms. The first-order valence-electron chi connectivity index (χ1n) is 5.20. The van der Waals surface area contributed by atoms with Crippen LogP contribution in [0.25, 0.3) is 10.9 Å². The molecule has 1 aromatic heterocycles. The molecular weight excluding hydrogens is 202 g/mol. The fourth-order valence-electron chi connectivity index (χ4n) is 1.99. The average molecular weight is 217 g/mol. The van der Waals surface area contributed by atoms with Crippen LogP contribution in [0.4, 0.5) is 0 Å². The molecule has 0 bridgehead atoms. The third-order valence-corrected chi connectivity index (χ3v) is 2.81. The number of nitrogens with two attached hydrogens (primary N) is 1. The van der Waals surface area contributed by atoms with Gasteiger partial charge < -0.3 is 16.0 Å². The number of aromatic nitrogens is 1. The Kier molecular flexibility index (Phi) is 2.66. The summed E-state index contributed by atoms with van der Waals surface area (Å²) in [6, 6.07) is 3.72. The van der Waals surface area contributed by atoms with Crippen LogP contribution in [0, 0.1) is 6.92 Å². The summed E-state index contributed by atoms with van der Waals surface area (Å²) in [4.78, 5) is 14.8. The minimum absolute atomic E-state index is 0.0876. The number of aromatic amines is 1. The van der Waals surface area contributed by atoms with Crippen molar-refractivity contribution in [1.82, 2.24) is 10.3 Å². The van der Waals surface area contributed by atoms with Gasteiger partial charge in [0.2, 0.25) is 0 Å². The molecule has 2 rings (SSSR count). The first kappa shape index (κ1) is 10.7. The fourth-order valence-corrected chi connectivity index (χ4v) is 1.99. The number of aryl methyl sites for hydroxylation is 1. The van der Waals surface area contributed by atoms with Gasteiger partial charge in [-0.25, -0.2) is 0 Å². The number of fused-ring (bicyclic) bond motifs is 1. The van der Waals surface area contributed by atoms with Crippen LogP contribution >= 0.6 is 0 Å². The quantitative estimate of drug-likeness (QED) is 0.709. The second kappa shape index (κ2) is 3.98. The SMILES string of the molecule is CNC(=O)c1ccc(CN)c2c(C)c[nH]c12. The molecule has 0 saturated heterocycles. The maximum absolute atomic E-state index is 11.7. The number of rotatable bonds is 2. The highest BCUT2D eigenvalue weighted by Gasteiger charge is 2.13. The molecular formula is C12H15N3O. The molecule has 0 aliphatic heterocycles. The number of carbonyl (C=O) groups is 1. The third-order valence-electron chi connectivity index (χ3n) is 2.81. The van der Waals surface area contributed by atoms with Gasteiger partial charge in [-0.05, 0) is 24.1 Å². The Morgan fingerprint density at radius 2 is 2.25 bits per heavy atom. The van der Waals surface area contributed by atoms with E-state index in [4.69, 9.17) is 5.73 Å². The average Bonchev–Trinajstić information content (AvgIpc) is 2.70. The van der Waals surface area contributed by atoms with Crippen LogP contribution in [0.1, 0.15) is 21.5 Å². The lowest BCUT2D eigenvalue weighted by Crippen LogP contribution is -2.18. The molecule has 0 atom stereocenters. The number of benzene rings is 1. The predicted octanol–water partition coefficient (Wildman–Crippen LogP) is 1.29. The molecule has 0 radical (unpaired) electrons. The van der Waals surface area contributed by atoms with Gasteiger partial charge in [0.05, 0.1) is 11.1 Å². The Labute approximate surface area is 93.8 Å². The zero-order valence-electron chi connectivity index (χ0n) is 9.42. The Bertz CT molecular complexity index is 542. The molecule has 1 heterocycles. The maximum Gasteiger partial charge on any atom is 0.253 e. The van der Waals surface area contributed by atoms with Crippen molar-refractivity contribution in [1.29, 1.82) is 0 Å². The molecule has 4 nitrogen and oxygen atoms in total. The zero-order valence-corrected chi connectivity index (χ0v) is 9.42. The van der Waals surface area contributed by atoms with Crippen LogP contribution in [0.5, 0.6) is 0 Å². The summed E-state index contributed by atoms with van der Waals surface area (Å²) in [5, 5.41) is 3.69. The molecule has 2 aromatic rings. The highest BCUT2D eigenvalue weighted by molar-refractivity contribution is 6.07. The van der Waals surface area contributed by atoms with Crippen LogP contribution in [0.15, 0.2) is 18.3 Å². The summed E-state index contributed by atoms with van der Waals surface area (Å²) in [5.41, 5.74) is 9.37. The van der Waals surface area contributed by atoms with Crippen molar-refractivity contribution in [2.75, 3.05) is 7.05 Å². The summed E-state index contributed by atoms with van der Waals surface area (Å²) < 4.78 is 0. The highest BCUT2D eigenvalue weighted by Crippen LogP contribution is 2.25. The van der Waals surface area contributed by atoms with Crippen LogP contribution in [-0.2, 0) is 6.54 Å². The molecule has 16 heavy (non-hydrogen) atoms. The van der Waals surface area contributed by atoms with Crippen LogP contribution in [0.2, 0.25) is 0 Å². The van der Waals surface area contributed by atoms with Crippen molar-refractivity contribution < 1.29 is 4.79 Å². The second-order valence-electron chi connectivity index (χ2n) is 3.78. The van der Waals surface area contributed by atoms with E-state index in [0.717, 1.165) is 22.0 Å². The standard InChI is InChI=1S/C12H15N3O/c1-7-6-15-11-9(12(16)14-2)4-3-8(5-13)10(7)11/h3-4,6,15H,5,13H2,1-2H3,(H,14,16). The molecule has 0 fully saturated rings. The maximum atomic E-state index is 11.7. The van der Waals surface area contributed by atoms with Crippen LogP contribution in [-0.4, -0.2) is 17.9 Å². The number of hydrogen-bond acceptors (Lipinski definition) is 2. The Hall–Kier alpha value is -1.81. The highest BCUT2D eigenvalue weighted by atomic mass is 16.1. The van der Waals surface area contributed by atoms with Crippen molar-refractivity contribution in [3.8, 4) is 0 Å². The van der Waals surface area contributed by atoms with Gasteiger partial charge in [-0.3, -0.25) is 4.79 Å². The van der Waals surface area contributed by atoms with Crippen LogP contribution < -0.4 is 11.1 Å². The van der Waals surface area contributed by atoms with Crippen LogP contribution in [0.3, 0.4) is 0 Å². The van der Waals surface area contributed by atoms with E-state index in [1.54, 1.807) is 13.1 Å². The predicted molar refractivity (Wildman–Crippen MR) is 64.3 cm³/mol. The van der Waals surface area contributed by atoms with Gasteiger partial charge in [0.1, 0.15) is 0 Å². The lowest BCUT2D eigenvalue weighted by molar-refractivity contribution is 0.0964. The van der Waals surface area contributed by atoms with E-state index in [0.29, 0.717) is 12.1 Å². The van der Waals surface area contributed by atoms with Crippen molar-refractivity contribution in [2.24, 2.45) is 5.73 Å². The molecule has 0 aliphatic rings. The summed E-state index contributed by atoms with van der Waals surface area (Å²) in [5.74, 6) is -0.0876. The van der Waals surface area contributed by atoms with Crippen molar-refractivity contribution >= 4 is 16.8 Å². The smallest absolute Gasteiger partial charge is 0.253 e. The van der Waals surface area contributed by atoms with E-state index in [2.05, 4.69) is 10.3 Å². The van der Waals surface area contributed by atoms with E-state index < -0.39 is 0 Å². The van der Waals surface area contributed by atoms with Crippen molar-refractivity contribution in [2.45, 2.75) is 13.5 Å². The van der Waals surface area contributed by atoms with Gasteiger partial charge in [-0.1, -0.05) is 6.07 Å². The number of nitrogens with one attached hydrogen (secondary N) is 2. The molecule has 4 heteroatoms. The molecule has 1 amide bonds. The molecule has 4 N–H and O–H groups in total. The monoisotopic (exact) mass is 217 g/mol. The van der Waals surface area contributed by atoms with E-state index in [1.165, 1.54) is 0 Å². The first-order chi connectivity index (χ1) is 7.69. The zero-order chi connectivity index (χ0) is 11.7. The second-order valence-corrected chi connectivity index (χ2v) is 3.78. The van der Waals surface area contributed by atoms with Gasteiger partial charge in [-0.2, -0.15) is 0 Å². The number of amides is 1. The third kappa shape index (κ3) is 1.47. The van der Waals surface area contributed by atoms with Gasteiger partial charge >= 0.3 is 0 Å². The van der Waals surface area contributed by atoms with Crippen molar-refractivity contribution in [3.05, 3.63) is 35.0 Å². The Morgan fingerprint density at radius 1 is 1.50 bits per heavy atom. The first-order valence-corrected chi connectivity index (χ1v) is 5.20. The molecule has 84 valence electrons. The number of hydrogen-bond donors (Lipinski definition) is 3. The topological polar surface area (TPSA) is 70.9 Å². The van der Waals surface area contributed by atoms with E-state index in [-0.39, 0.29) is 5.91 Å². The fraction of sp³-hybridized carbons (Fsp3) is 0.250. The molecule has 0 unspecified atom stereocenters. The Morgan fingerprint density at radius 3 is 2.88 bits per heavy atom. The Balaban J connectivity index is 2.76. The summed E-state index contributed by atoms with van der Waals surface area (Å²) in [7, 11) is 1.63. The molecule has 0 saturated carbocycles. The van der Waals surface area contributed by atoms with E-state index in [1.807, 2.05) is 19.2 Å². The number of carbonyl (C=O) groups excluding carboxylic acids is 1. The van der Waals surface area contributed by atoms with Crippen molar-refractivity contribution in [3.63, 3.8) is 0 Å². The van der Waals surface area contributed by atoms with E-state index in [9.17, 15) is 4.79 Å². The lowest BCUT2D eigenvalue weighted by atomic mass is 10.0. The van der Waals surface area contributed by atoms with E-state index >= 15 is 0 Å². The number of H-pyrrole nitrogens is 1. The lowest BCUT2D eigenvalue weighted by Gasteiger charge is -2.06. The molecule has 0 aliphatic carbocycles. The van der Waals surface area contributed by atoms with Gasteiger partial charge in [0.15, 0.2) is 0 Å². The molecule has 1 aromatic carbocycles. The summed E-state index contributed by atoms with van der Waals surface area (Å²) >= 11 is 0. The minimum atomic E-state index is -0.0876. The summed E-state index contributed by atoms with van der Waals surface area (Å²) in [6.07, 6.45) is 1.90. The summed E-state index contributed by atoms with van der Waals surface area (Å²) in [6.45, 7) is 2.48. The van der Waals surface area contributed by atoms with Gasteiger partial charge in [0.25, 0.3) is 5.91 Å². The van der Waals surface area contributed by atoms with Gasteiger partial charge in [-0.15, -0.1) is 0 Å². The van der Waals surface area contributed by atoms with Gasteiger partial charge in [0, 0.05) is 25.2 Å². The largest absolute Gasteiger partial charge is 0.360 e. The normalized spacial score (nSPS) is 10.7.